The monoisotopic (exact) mass is 454 g/mol. The molecule has 0 spiro atoms. The van der Waals surface area contributed by atoms with Crippen molar-refractivity contribution in [3.63, 3.8) is 0 Å². The number of esters is 1. The summed E-state index contributed by atoms with van der Waals surface area (Å²) in [6.45, 7) is 5.52. The molecule has 0 aliphatic heterocycles. The molecule has 0 N–H and O–H groups in total. The highest BCUT2D eigenvalue weighted by Gasteiger charge is 2.66. The lowest BCUT2D eigenvalue weighted by atomic mass is 10.1. The molecular formula is C18H29FO8P2. The molecule has 0 radical (unpaired) electrons. The van der Waals surface area contributed by atoms with Gasteiger partial charge < -0.3 is 22.8 Å². The van der Waals surface area contributed by atoms with Crippen LogP contribution in [-0.2, 0) is 38.4 Å². The number of alkyl halides is 1. The third kappa shape index (κ3) is 5.75. The lowest BCUT2D eigenvalue weighted by Gasteiger charge is -2.36. The Bertz CT molecular complexity index is 703. The molecule has 11 heteroatoms. The van der Waals surface area contributed by atoms with Gasteiger partial charge in [-0.05, 0) is 45.4 Å². The van der Waals surface area contributed by atoms with Crippen LogP contribution < -0.4 is 0 Å². The van der Waals surface area contributed by atoms with Gasteiger partial charge in [0, 0.05) is 6.42 Å². The lowest BCUT2D eigenvalue weighted by molar-refractivity contribution is 0.0600. The first-order chi connectivity index (χ1) is 13.7. The predicted molar refractivity (Wildman–Crippen MR) is 107 cm³/mol. The first-order valence-corrected chi connectivity index (χ1v) is 12.4. The molecule has 0 bridgehead atoms. The van der Waals surface area contributed by atoms with E-state index in [0.717, 1.165) is 0 Å². The highest BCUT2D eigenvalue weighted by Crippen LogP contribution is 2.79. The number of ether oxygens (including phenoxy) is 1. The summed E-state index contributed by atoms with van der Waals surface area (Å²) in [4.78, 5) is 11.6. The Morgan fingerprint density at radius 2 is 1.24 bits per heavy atom. The first-order valence-electron chi connectivity index (χ1n) is 9.31. The molecule has 1 aromatic rings. The van der Waals surface area contributed by atoms with Gasteiger partial charge in [0.2, 0.25) is 0 Å². The molecule has 166 valence electrons. The standard InChI is InChI=1S/C18H29FO8P2/c1-6-24-28(21,25-7-2)18(19,29(22,26-8-3)27-9-4)14-15-10-12-16(13-11-15)17(20)23-5/h10-13H,6-9,14H2,1-5H3. The van der Waals surface area contributed by atoms with Crippen LogP contribution in [0.4, 0.5) is 4.39 Å². The Morgan fingerprint density at radius 3 is 1.55 bits per heavy atom. The van der Waals surface area contributed by atoms with E-state index >= 15 is 4.39 Å². The third-order valence-electron chi connectivity index (χ3n) is 3.84. The maximum atomic E-state index is 16.5. The maximum Gasteiger partial charge on any atom is 0.380 e. The Balaban J connectivity index is 3.52. The zero-order valence-electron chi connectivity index (χ0n) is 17.4. The van der Waals surface area contributed by atoms with Gasteiger partial charge in [-0.3, -0.25) is 9.13 Å². The summed E-state index contributed by atoms with van der Waals surface area (Å²) in [5, 5.41) is -3.09. The number of hydrogen-bond acceptors (Lipinski definition) is 8. The second-order valence-corrected chi connectivity index (χ2v) is 10.5. The minimum absolute atomic E-state index is 0.136. The van der Waals surface area contributed by atoms with E-state index in [1.54, 1.807) is 0 Å². The molecule has 0 aliphatic rings. The molecule has 0 atom stereocenters. The highest BCUT2D eigenvalue weighted by molar-refractivity contribution is 7.73. The van der Waals surface area contributed by atoms with Crippen molar-refractivity contribution in [1.82, 2.24) is 0 Å². The largest absolute Gasteiger partial charge is 0.465 e. The molecule has 0 unspecified atom stereocenters. The van der Waals surface area contributed by atoms with Crippen LogP contribution in [0.1, 0.15) is 43.6 Å². The summed E-state index contributed by atoms with van der Waals surface area (Å²) in [6.07, 6.45) is -0.636. The Morgan fingerprint density at radius 1 is 0.862 bits per heavy atom. The maximum absolute atomic E-state index is 16.5. The topological polar surface area (TPSA) is 97.4 Å². The number of halogens is 1. The van der Waals surface area contributed by atoms with Gasteiger partial charge in [0.25, 0.3) is 0 Å². The Labute approximate surface area is 171 Å². The molecule has 0 saturated carbocycles. The molecule has 1 rings (SSSR count). The van der Waals surface area contributed by atoms with Crippen molar-refractivity contribution in [1.29, 1.82) is 0 Å². The molecule has 8 nitrogen and oxygen atoms in total. The number of carbonyl (C=O) groups is 1. The summed E-state index contributed by atoms with van der Waals surface area (Å²) in [6, 6.07) is 5.70. The van der Waals surface area contributed by atoms with Crippen molar-refractivity contribution in [3.8, 4) is 0 Å². The number of rotatable bonds is 13. The lowest BCUT2D eigenvalue weighted by Crippen LogP contribution is -2.31. The van der Waals surface area contributed by atoms with Crippen LogP contribution in [0, 0.1) is 0 Å². The number of carbonyl (C=O) groups excluding carboxylic acids is 1. The van der Waals surface area contributed by atoms with Gasteiger partial charge in [-0.2, -0.15) is 0 Å². The van der Waals surface area contributed by atoms with E-state index in [2.05, 4.69) is 4.74 Å². The van der Waals surface area contributed by atoms with E-state index in [0.29, 0.717) is 5.56 Å². The summed E-state index contributed by atoms with van der Waals surface area (Å²) < 4.78 is 68.7. The van der Waals surface area contributed by atoms with Gasteiger partial charge in [-0.15, -0.1) is 0 Å². The smallest absolute Gasteiger partial charge is 0.380 e. The summed E-state index contributed by atoms with van der Waals surface area (Å²) in [7, 11) is -7.95. The molecule has 0 fully saturated rings. The van der Waals surface area contributed by atoms with Gasteiger partial charge in [0.05, 0.1) is 39.1 Å². The summed E-state index contributed by atoms with van der Waals surface area (Å²) in [5.74, 6) is -0.563. The van der Waals surface area contributed by atoms with Crippen LogP contribution in [0.15, 0.2) is 24.3 Å². The van der Waals surface area contributed by atoms with Crippen LogP contribution >= 0.6 is 15.2 Å². The fraction of sp³-hybridized carbons (Fsp3) is 0.611. The predicted octanol–water partition coefficient (Wildman–Crippen LogP) is 5.17. The SMILES string of the molecule is CCOP(=O)(OCC)C(F)(Cc1ccc(C(=O)OC)cc1)P(=O)(OCC)OCC. The van der Waals surface area contributed by atoms with Crippen molar-refractivity contribution in [2.24, 2.45) is 0 Å². The fourth-order valence-corrected chi connectivity index (χ4v) is 7.58. The molecule has 0 heterocycles. The average molecular weight is 454 g/mol. The van der Waals surface area contributed by atoms with Gasteiger partial charge in [0.1, 0.15) is 0 Å². The minimum atomic E-state index is -4.60. The zero-order chi connectivity index (χ0) is 22.1. The third-order valence-corrected chi connectivity index (χ3v) is 9.70. The van der Waals surface area contributed by atoms with Crippen LogP contribution in [0.25, 0.3) is 0 Å². The van der Waals surface area contributed by atoms with Crippen molar-refractivity contribution >= 4 is 21.2 Å². The molecule has 0 saturated heterocycles. The quantitative estimate of drug-likeness (QED) is 0.297. The van der Waals surface area contributed by atoms with Crippen molar-refractivity contribution in [3.05, 3.63) is 35.4 Å². The molecule has 29 heavy (non-hydrogen) atoms. The van der Waals surface area contributed by atoms with Gasteiger partial charge >= 0.3 is 26.3 Å². The summed E-state index contributed by atoms with van der Waals surface area (Å²) in [5.41, 5.74) is 0.538. The van der Waals surface area contributed by atoms with E-state index < -0.39 is 32.7 Å². The molecule has 0 amide bonds. The van der Waals surface area contributed by atoms with Crippen LogP contribution in [-0.4, -0.2) is 44.7 Å². The number of hydrogen-bond donors (Lipinski definition) is 0. The number of benzene rings is 1. The Kier molecular flexibility index (Phi) is 10.2. The fourth-order valence-electron chi connectivity index (χ4n) is 2.63. The molecular weight excluding hydrogens is 425 g/mol. The second kappa shape index (κ2) is 11.3. The van der Waals surface area contributed by atoms with Crippen LogP contribution in [0.3, 0.4) is 0 Å². The van der Waals surface area contributed by atoms with E-state index in [9.17, 15) is 13.9 Å². The van der Waals surface area contributed by atoms with Gasteiger partial charge in [-0.25, -0.2) is 9.18 Å². The van der Waals surface area contributed by atoms with Crippen molar-refractivity contribution < 1.29 is 41.1 Å². The second-order valence-electron chi connectivity index (χ2n) is 5.75. The Hall–Kier alpha value is -1.08. The first kappa shape index (κ1) is 26.0. The molecule has 1 aromatic carbocycles. The number of methoxy groups -OCH3 is 1. The normalized spacial score (nSPS) is 12.8. The molecule has 0 aromatic heterocycles. The van der Waals surface area contributed by atoms with Gasteiger partial charge in [-0.1, -0.05) is 12.1 Å². The highest BCUT2D eigenvalue weighted by atomic mass is 31.2. The van der Waals surface area contributed by atoms with Crippen molar-refractivity contribution in [2.45, 2.75) is 39.3 Å². The van der Waals surface area contributed by atoms with E-state index in [1.807, 2.05) is 0 Å². The zero-order valence-corrected chi connectivity index (χ0v) is 19.2. The van der Waals surface area contributed by atoms with E-state index in [1.165, 1.54) is 59.1 Å². The average Bonchev–Trinajstić information content (AvgIpc) is 2.68. The van der Waals surface area contributed by atoms with Gasteiger partial charge in [0.15, 0.2) is 0 Å². The molecule has 0 aliphatic carbocycles. The van der Waals surface area contributed by atoms with E-state index in [4.69, 9.17) is 18.1 Å². The van der Waals surface area contributed by atoms with Crippen LogP contribution in [0.2, 0.25) is 0 Å². The summed E-state index contributed by atoms with van der Waals surface area (Å²) >= 11 is 0. The minimum Gasteiger partial charge on any atom is -0.465 e. The van der Waals surface area contributed by atoms with E-state index in [-0.39, 0.29) is 32.0 Å². The van der Waals surface area contributed by atoms with Crippen molar-refractivity contribution in [2.75, 3.05) is 33.5 Å². The van der Waals surface area contributed by atoms with Crippen LogP contribution in [0.5, 0.6) is 0 Å².